The first kappa shape index (κ1) is 19.4. The van der Waals surface area contributed by atoms with Crippen molar-refractivity contribution in [1.29, 1.82) is 0 Å². The molecule has 0 bridgehead atoms. The molecule has 0 aliphatic carbocycles. The molecule has 6 nitrogen and oxygen atoms in total. The molecule has 8 heteroatoms. The molecular weight excluding hydrogens is 362 g/mol. The Morgan fingerprint density at radius 2 is 2.04 bits per heavy atom. The van der Waals surface area contributed by atoms with Gasteiger partial charge in [0, 0.05) is 29.9 Å². The minimum atomic E-state index is -3.45. The Balaban J connectivity index is 1.97. The van der Waals surface area contributed by atoms with Crippen molar-refractivity contribution in [3.05, 3.63) is 58.9 Å². The van der Waals surface area contributed by atoms with Crippen LogP contribution in [0.3, 0.4) is 0 Å². The maximum Gasteiger partial charge on any atom is 0.225 e. The van der Waals surface area contributed by atoms with Crippen LogP contribution in [0.1, 0.15) is 17.7 Å². The van der Waals surface area contributed by atoms with Gasteiger partial charge in [0.15, 0.2) is 0 Å². The summed E-state index contributed by atoms with van der Waals surface area (Å²) >= 11 is 6.03. The third kappa shape index (κ3) is 6.12. The second-order valence-corrected chi connectivity index (χ2v) is 8.07. The van der Waals surface area contributed by atoms with Gasteiger partial charge in [0.05, 0.1) is 18.5 Å². The highest BCUT2D eigenvalue weighted by molar-refractivity contribution is 7.88. The van der Waals surface area contributed by atoms with Gasteiger partial charge < -0.3 is 5.32 Å². The lowest BCUT2D eigenvalue weighted by Gasteiger charge is -2.19. The minimum absolute atomic E-state index is 0.0331. The Morgan fingerprint density at radius 1 is 1.28 bits per heavy atom. The van der Waals surface area contributed by atoms with Crippen LogP contribution in [0, 0.1) is 6.92 Å². The van der Waals surface area contributed by atoms with Gasteiger partial charge in [0.1, 0.15) is 0 Å². The summed E-state index contributed by atoms with van der Waals surface area (Å²) in [6, 6.07) is 10.5. The van der Waals surface area contributed by atoms with Crippen LogP contribution in [0.15, 0.2) is 42.6 Å². The SMILES string of the molecule is Cc1ccc(NC(=O)CCN(Cc2ccccn2)S(C)(=O)=O)cc1Cl. The first-order valence-corrected chi connectivity index (χ1v) is 9.89. The smallest absolute Gasteiger partial charge is 0.225 e. The van der Waals surface area contributed by atoms with Gasteiger partial charge in [-0.05, 0) is 36.8 Å². The normalized spacial score (nSPS) is 11.5. The fourth-order valence-electron chi connectivity index (χ4n) is 2.15. The van der Waals surface area contributed by atoms with E-state index in [2.05, 4.69) is 10.3 Å². The summed E-state index contributed by atoms with van der Waals surface area (Å²) in [5, 5.41) is 3.28. The summed E-state index contributed by atoms with van der Waals surface area (Å²) < 4.78 is 25.1. The zero-order valence-electron chi connectivity index (χ0n) is 14.1. The molecule has 1 aromatic carbocycles. The third-order valence-electron chi connectivity index (χ3n) is 3.58. The Labute approximate surface area is 152 Å². The number of carbonyl (C=O) groups is 1. The van der Waals surface area contributed by atoms with E-state index in [1.54, 1.807) is 36.5 Å². The molecule has 2 aromatic rings. The van der Waals surface area contributed by atoms with E-state index in [1.165, 1.54) is 4.31 Å². The Kier molecular flexibility index (Phi) is 6.52. The lowest BCUT2D eigenvalue weighted by atomic mass is 10.2. The highest BCUT2D eigenvalue weighted by atomic mass is 35.5. The van der Waals surface area contributed by atoms with E-state index in [4.69, 9.17) is 11.6 Å². The summed E-state index contributed by atoms with van der Waals surface area (Å²) in [6.45, 7) is 2.07. The number of nitrogens with zero attached hydrogens (tertiary/aromatic N) is 2. The number of aryl methyl sites for hydroxylation is 1. The second-order valence-electron chi connectivity index (χ2n) is 5.68. The number of pyridine rings is 1. The Bertz CT molecular complexity index is 841. The lowest BCUT2D eigenvalue weighted by molar-refractivity contribution is -0.116. The number of sulfonamides is 1. The minimum Gasteiger partial charge on any atom is -0.326 e. The number of aromatic nitrogens is 1. The number of amides is 1. The molecule has 0 unspecified atom stereocenters. The van der Waals surface area contributed by atoms with Crippen molar-refractivity contribution in [3.63, 3.8) is 0 Å². The number of anilines is 1. The topological polar surface area (TPSA) is 79.4 Å². The van der Waals surface area contributed by atoms with Crippen LogP contribution < -0.4 is 5.32 Å². The molecule has 0 radical (unpaired) electrons. The van der Waals surface area contributed by atoms with E-state index in [9.17, 15) is 13.2 Å². The van der Waals surface area contributed by atoms with Crippen LogP contribution in [0.25, 0.3) is 0 Å². The predicted octanol–water partition coefficient (Wildman–Crippen LogP) is 2.83. The van der Waals surface area contributed by atoms with Gasteiger partial charge in [0.2, 0.25) is 15.9 Å². The van der Waals surface area contributed by atoms with Gasteiger partial charge in [-0.2, -0.15) is 4.31 Å². The molecule has 0 aliphatic rings. The van der Waals surface area contributed by atoms with Crippen molar-refractivity contribution >= 4 is 33.2 Å². The highest BCUT2D eigenvalue weighted by Crippen LogP contribution is 2.20. The molecule has 0 saturated carbocycles. The van der Waals surface area contributed by atoms with E-state index in [1.807, 2.05) is 13.0 Å². The van der Waals surface area contributed by atoms with Crippen LogP contribution >= 0.6 is 11.6 Å². The zero-order chi connectivity index (χ0) is 18.4. The van der Waals surface area contributed by atoms with Gasteiger partial charge in [-0.15, -0.1) is 0 Å². The van der Waals surface area contributed by atoms with Crippen LogP contribution in [0.4, 0.5) is 5.69 Å². The van der Waals surface area contributed by atoms with E-state index in [0.717, 1.165) is 11.8 Å². The van der Waals surface area contributed by atoms with Crippen LogP contribution in [0.5, 0.6) is 0 Å². The molecule has 1 heterocycles. The van der Waals surface area contributed by atoms with E-state index < -0.39 is 10.0 Å². The molecule has 0 spiro atoms. The fraction of sp³-hybridized carbons (Fsp3) is 0.294. The molecule has 2 rings (SSSR count). The number of hydrogen-bond acceptors (Lipinski definition) is 4. The van der Waals surface area contributed by atoms with Crippen molar-refractivity contribution < 1.29 is 13.2 Å². The number of benzene rings is 1. The molecule has 1 amide bonds. The Hall–Kier alpha value is -1.96. The van der Waals surface area contributed by atoms with E-state index in [0.29, 0.717) is 16.4 Å². The largest absolute Gasteiger partial charge is 0.326 e. The molecule has 1 aromatic heterocycles. The first-order valence-electron chi connectivity index (χ1n) is 7.67. The Morgan fingerprint density at radius 3 is 2.64 bits per heavy atom. The van der Waals surface area contributed by atoms with Crippen LogP contribution in [0.2, 0.25) is 5.02 Å². The standard InChI is InChI=1S/C17H20ClN3O3S/c1-13-6-7-14(11-16(13)18)20-17(22)8-10-21(25(2,23)24)12-15-5-3-4-9-19-15/h3-7,9,11H,8,10,12H2,1-2H3,(H,20,22). The molecule has 0 atom stereocenters. The van der Waals surface area contributed by atoms with Crippen LogP contribution in [-0.4, -0.2) is 36.4 Å². The van der Waals surface area contributed by atoms with Crippen molar-refractivity contribution in [2.24, 2.45) is 0 Å². The van der Waals surface area contributed by atoms with Crippen molar-refractivity contribution in [1.82, 2.24) is 9.29 Å². The first-order chi connectivity index (χ1) is 11.8. The monoisotopic (exact) mass is 381 g/mol. The third-order valence-corrected chi connectivity index (χ3v) is 5.23. The molecule has 0 saturated heterocycles. The fourth-order valence-corrected chi connectivity index (χ4v) is 3.13. The van der Waals surface area contributed by atoms with Gasteiger partial charge in [-0.25, -0.2) is 8.42 Å². The summed E-state index contributed by atoms with van der Waals surface area (Å²) in [4.78, 5) is 16.2. The average Bonchev–Trinajstić information content (AvgIpc) is 2.55. The van der Waals surface area contributed by atoms with Gasteiger partial charge >= 0.3 is 0 Å². The molecule has 1 N–H and O–H groups in total. The molecule has 0 aliphatic heterocycles. The number of nitrogens with one attached hydrogen (secondary N) is 1. The van der Waals surface area contributed by atoms with Crippen molar-refractivity contribution in [2.45, 2.75) is 19.9 Å². The van der Waals surface area contributed by atoms with Crippen molar-refractivity contribution in [2.75, 3.05) is 18.1 Å². The van der Waals surface area contributed by atoms with Gasteiger partial charge in [-0.1, -0.05) is 23.7 Å². The molecule has 0 fully saturated rings. The van der Waals surface area contributed by atoms with Gasteiger partial charge in [0.25, 0.3) is 0 Å². The maximum absolute atomic E-state index is 12.1. The summed E-state index contributed by atoms with van der Waals surface area (Å²) in [5.41, 5.74) is 2.12. The van der Waals surface area contributed by atoms with Gasteiger partial charge in [-0.3, -0.25) is 9.78 Å². The van der Waals surface area contributed by atoms with Crippen LogP contribution in [-0.2, 0) is 21.4 Å². The summed E-state index contributed by atoms with van der Waals surface area (Å²) in [6.07, 6.45) is 2.75. The zero-order valence-corrected chi connectivity index (χ0v) is 15.6. The number of halogens is 1. The summed E-state index contributed by atoms with van der Waals surface area (Å²) in [5.74, 6) is -0.283. The molecule has 25 heavy (non-hydrogen) atoms. The van der Waals surface area contributed by atoms with E-state index >= 15 is 0 Å². The van der Waals surface area contributed by atoms with Crippen molar-refractivity contribution in [3.8, 4) is 0 Å². The highest BCUT2D eigenvalue weighted by Gasteiger charge is 2.19. The lowest BCUT2D eigenvalue weighted by Crippen LogP contribution is -2.32. The molecular formula is C17H20ClN3O3S. The molecule has 134 valence electrons. The van der Waals surface area contributed by atoms with E-state index in [-0.39, 0.29) is 25.4 Å². The maximum atomic E-state index is 12.1. The average molecular weight is 382 g/mol. The predicted molar refractivity (Wildman–Crippen MR) is 98.9 cm³/mol. The quantitative estimate of drug-likeness (QED) is 0.799. The summed E-state index contributed by atoms with van der Waals surface area (Å²) in [7, 11) is -3.45. The second kappa shape index (κ2) is 8.42. The number of carbonyl (C=O) groups excluding carboxylic acids is 1. The number of rotatable bonds is 7. The number of hydrogen-bond donors (Lipinski definition) is 1.